The molecule has 2 rings (SSSR count). The van der Waals surface area contributed by atoms with E-state index in [2.05, 4.69) is 62.9 Å². The molecule has 0 unspecified atom stereocenters. The predicted molar refractivity (Wildman–Crippen MR) is 88.2 cm³/mol. The third kappa shape index (κ3) is 3.93. The van der Waals surface area contributed by atoms with Gasteiger partial charge in [-0.25, -0.2) is 4.98 Å². The van der Waals surface area contributed by atoms with Crippen molar-refractivity contribution in [2.24, 2.45) is 0 Å². The lowest BCUT2D eigenvalue weighted by molar-refractivity contribution is 0.209. The molecule has 0 saturated carbocycles. The molecule has 112 valence electrons. The Labute approximate surface area is 130 Å². The summed E-state index contributed by atoms with van der Waals surface area (Å²) >= 11 is 3.52. The zero-order chi connectivity index (χ0) is 14.5. The number of halogens is 1. The second kappa shape index (κ2) is 7.38. The van der Waals surface area contributed by atoms with Gasteiger partial charge in [-0.3, -0.25) is 4.90 Å². The third-order valence-electron chi connectivity index (χ3n) is 3.82. The normalized spacial score (nSPS) is 16.9. The monoisotopic (exact) mass is 340 g/mol. The van der Waals surface area contributed by atoms with Gasteiger partial charge in [-0.1, -0.05) is 6.92 Å². The van der Waals surface area contributed by atoms with Crippen molar-refractivity contribution in [3.63, 3.8) is 0 Å². The van der Waals surface area contributed by atoms with Crippen LogP contribution < -0.4 is 10.2 Å². The standard InChI is InChI=1S/C15H25BrN4/c1-4-17-10-13-9-14(16)11-18-15(13)20-7-5-19(6-8-20)12(2)3/h9,11-12,17H,4-8,10H2,1-3H3. The first kappa shape index (κ1) is 15.7. The van der Waals surface area contributed by atoms with Crippen molar-refractivity contribution in [3.8, 4) is 0 Å². The number of anilines is 1. The number of nitrogens with one attached hydrogen (secondary N) is 1. The van der Waals surface area contributed by atoms with Crippen LogP contribution >= 0.6 is 15.9 Å². The molecule has 0 radical (unpaired) electrons. The lowest BCUT2D eigenvalue weighted by Crippen LogP contribution is -2.49. The first-order valence-electron chi connectivity index (χ1n) is 7.46. The number of nitrogens with zero attached hydrogens (tertiary/aromatic N) is 3. The lowest BCUT2D eigenvalue weighted by Gasteiger charge is -2.38. The minimum atomic E-state index is 0.635. The molecule has 1 fully saturated rings. The Morgan fingerprint density at radius 1 is 1.30 bits per heavy atom. The fourth-order valence-corrected chi connectivity index (χ4v) is 2.98. The van der Waals surface area contributed by atoms with Gasteiger partial charge in [-0.05, 0) is 42.4 Å². The Morgan fingerprint density at radius 2 is 2.00 bits per heavy atom. The van der Waals surface area contributed by atoms with Gasteiger partial charge in [0.1, 0.15) is 5.82 Å². The molecule has 20 heavy (non-hydrogen) atoms. The van der Waals surface area contributed by atoms with E-state index in [1.54, 1.807) is 0 Å². The molecule has 0 atom stereocenters. The number of aromatic nitrogens is 1. The van der Waals surface area contributed by atoms with Gasteiger partial charge in [0.2, 0.25) is 0 Å². The van der Waals surface area contributed by atoms with Gasteiger partial charge in [-0.15, -0.1) is 0 Å². The molecular formula is C15H25BrN4. The summed E-state index contributed by atoms with van der Waals surface area (Å²) in [6.45, 7) is 12.9. The Bertz CT molecular complexity index is 428. The highest BCUT2D eigenvalue weighted by Crippen LogP contribution is 2.23. The molecule has 2 heterocycles. The summed E-state index contributed by atoms with van der Waals surface area (Å²) in [7, 11) is 0. The fraction of sp³-hybridized carbons (Fsp3) is 0.667. The number of pyridine rings is 1. The van der Waals surface area contributed by atoms with Gasteiger partial charge in [0.25, 0.3) is 0 Å². The van der Waals surface area contributed by atoms with Gasteiger partial charge in [0.05, 0.1) is 0 Å². The van der Waals surface area contributed by atoms with Gasteiger partial charge in [-0.2, -0.15) is 0 Å². The highest BCUT2D eigenvalue weighted by molar-refractivity contribution is 9.10. The SMILES string of the molecule is CCNCc1cc(Br)cnc1N1CCN(C(C)C)CC1. The molecule has 1 aromatic rings. The minimum absolute atomic E-state index is 0.635. The molecule has 0 amide bonds. The number of piperazine rings is 1. The van der Waals surface area contributed by atoms with E-state index in [4.69, 9.17) is 0 Å². The van der Waals surface area contributed by atoms with E-state index in [1.165, 1.54) is 5.56 Å². The van der Waals surface area contributed by atoms with E-state index in [1.807, 2.05) is 6.20 Å². The number of hydrogen-bond donors (Lipinski definition) is 1. The molecule has 0 aliphatic carbocycles. The molecular weight excluding hydrogens is 316 g/mol. The summed E-state index contributed by atoms with van der Waals surface area (Å²) in [4.78, 5) is 9.59. The highest BCUT2D eigenvalue weighted by atomic mass is 79.9. The first-order chi connectivity index (χ1) is 9.61. The van der Waals surface area contributed by atoms with E-state index < -0.39 is 0 Å². The van der Waals surface area contributed by atoms with Crippen LogP contribution in [0.5, 0.6) is 0 Å². The van der Waals surface area contributed by atoms with Crippen molar-refractivity contribution in [2.45, 2.75) is 33.4 Å². The van der Waals surface area contributed by atoms with Crippen molar-refractivity contribution in [2.75, 3.05) is 37.6 Å². The van der Waals surface area contributed by atoms with Crippen molar-refractivity contribution in [1.82, 2.24) is 15.2 Å². The topological polar surface area (TPSA) is 31.4 Å². The third-order valence-corrected chi connectivity index (χ3v) is 4.25. The summed E-state index contributed by atoms with van der Waals surface area (Å²) < 4.78 is 1.05. The first-order valence-corrected chi connectivity index (χ1v) is 8.25. The molecule has 1 aromatic heterocycles. The second-order valence-electron chi connectivity index (χ2n) is 5.53. The van der Waals surface area contributed by atoms with E-state index in [-0.39, 0.29) is 0 Å². The van der Waals surface area contributed by atoms with Crippen LogP contribution in [0, 0.1) is 0 Å². The molecule has 1 aliphatic rings. The maximum Gasteiger partial charge on any atom is 0.133 e. The minimum Gasteiger partial charge on any atom is -0.354 e. The van der Waals surface area contributed by atoms with E-state index in [0.717, 1.165) is 49.6 Å². The van der Waals surface area contributed by atoms with Crippen LogP contribution in [0.15, 0.2) is 16.7 Å². The maximum absolute atomic E-state index is 4.65. The molecule has 1 aliphatic heterocycles. The second-order valence-corrected chi connectivity index (χ2v) is 6.45. The van der Waals surface area contributed by atoms with Crippen LogP contribution in [0.4, 0.5) is 5.82 Å². The van der Waals surface area contributed by atoms with Crippen LogP contribution in [-0.4, -0.2) is 48.6 Å². The highest BCUT2D eigenvalue weighted by Gasteiger charge is 2.21. The van der Waals surface area contributed by atoms with Crippen LogP contribution in [-0.2, 0) is 6.54 Å². The van der Waals surface area contributed by atoms with Crippen molar-refractivity contribution >= 4 is 21.7 Å². The van der Waals surface area contributed by atoms with Gasteiger partial charge >= 0.3 is 0 Å². The molecule has 0 bridgehead atoms. The van der Waals surface area contributed by atoms with Crippen molar-refractivity contribution < 1.29 is 0 Å². The molecule has 0 aromatic carbocycles. The summed E-state index contributed by atoms with van der Waals surface area (Å²) in [6, 6.07) is 2.82. The van der Waals surface area contributed by atoms with Crippen LogP contribution in [0.3, 0.4) is 0 Å². The zero-order valence-corrected chi connectivity index (χ0v) is 14.3. The van der Waals surface area contributed by atoms with E-state index in [0.29, 0.717) is 6.04 Å². The fourth-order valence-electron chi connectivity index (χ4n) is 2.60. The van der Waals surface area contributed by atoms with Crippen LogP contribution in [0.25, 0.3) is 0 Å². The molecule has 4 nitrogen and oxygen atoms in total. The molecule has 1 N–H and O–H groups in total. The summed E-state index contributed by atoms with van der Waals surface area (Å²) in [6.07, 6.45) is 1.90. The smallest absolute Gasteiger partial charge is 0.133 e. The quantitative estimate of drug-likeness (QED) is 0.892. The zero-order valence-electron chi connectivity index (χ0n) is 12.7. The largest absolute Gasteiger partial charge is 0.354 e. The summed E-state index contributed by atoms with van der Waals surface area (Å²) in [5.74, 6) is 1.14. The Balaban J connectivity index is 2.08. The molecule has 5 heteroatoms. The predicted octanol–water partition coefficient (Wildman–Crippen LogP) is 2.48. The van der Waals surface area contributed by atoms with Crippen molar-refractivity contribution in [3.05, 3.63) is 22.3 Å². The number of rotatable bonds is 5. The number of hydrogen-bond acceptors (Lipinski definition) is 4. The molecule has 1 saturated heterocycles. The summed E-state index contributed by atoms with van der Waals surface area (Å²) in [5, 5.41) is 3.40. The van der Waals surface area contributed by atoms with E-state index in [9.17, 15) is 0 Å². The molecule has 0 spiro atoms. The Kier molecular flexibility index (Phi) is 5.81. The lowest BCUT2D eigenvalue weighted by atomic mass is 10.2. The van der Waals surface area contributed by atoms with Gasteiger partial charge in [0.15, 0.2) is 0 Å². The van der Waals surface area contributed by atoms with Crippen LogP contribution in [0.2, 0.25) is 0 Å². The summed E-state index contributed by atoms with van der Waals surface area (Å²) in [5.41, 5.74) is 1.28. The average Bonchev–Trinajstić information content (AvgIpc) is 2.45. The Morgan fingerprint density at radius 3 is 2.60 bits per heavy atom. The van der Waals surface area contributed by atoms with Crippen molar-refractivity contribution in [1.29, 1.82) is 0 Å². The average molecular weight is 341 g/mol. The van der Waals surface area contributed by atoms with Gasteiger partial charge < -0.3 is 10.2 Å². The maximum atomic E-state index is 4.65. The van der Waals surface area contributed by atoms with E-state index >= 15 is 0 Å². The van der Waals surface area contributed by atoms with Crippen LogP contribution in [0.1, 0.15) is 26.3 Å². The van der Waals surface area contributed by atoms with Gasteiger partial charge in [0, 0.05) is 55.0 Å². The Hall–Kier alpha value is -0.650.